The van der Waals surface area contributed by atoms with Crippen molar-refractivity contribution >= 4 is 12.0 Å². The van der Waals surface area contributed by atoms with Crippen LogP contribution in [0.5, 0.6) is 0 Å². The molecule has 1 aliphatic rings. The summed E-state index contributed by atoms with van der Waals surface area (Å²) in [5.74, 6) is -0.0152. The lowest BCUT2D eigenvalue weighted by molar-refractivity contribution is -0.679. The fraction of sp³-hybridized carbons (Fsp3) is 0.781. The minimum absolute atomic E-state index is 0.148. The Kier molecular flexibility index (Phi) is 17.8. The van der Waals surface area contributed by atoms with Gasteiger partial charge in [-0.2, -0.15) is 0 Å². The zero-order valence-electron chi connectivity index (χ0n) is 25.0. The van der Waals surface area contributed by atoms with Crippen LogP contribution in [0.3, 0.4) is 0 Å². The number of aryl methyl sites for hydroxylation is 1. The van der Waals surface area contributed by atoms with Crippen LogP contribution in [0, 0.1) is 5.92 Å². The fourth-order valence-electron chi connectivity index (χ4n) is 5.09. The normalized spacial score (nSPS) is 16.9. The molecule has 0 aromatic carbocycles. The van der Waals surface area contributed by atoms with Crippen LogP contribution < -0.4 is 4.57 Å². The summed E-state index contributed by atoms with van der Waals surface area (Å²) in [4.78, 5) is 25.7. The monoisotopic (exact) mass is 547 g/mol. The highest BCUT2D eigenvalue weighted by Crippen LogP contribution is 2.21. The van der Waals surface area contributed by atoms with E-state index in [9.17, 15) is 9.59 Å². The number of nitrogens with zero attached hydrogens (tertiary/aromatic N) is 2. The van der Waals surface area contributed by atoms with Crippen LogP contribution in [0.2, 0.25) is 0 Å². The number of pyridine rings is 1. The van der Waals surface area contributed by atoms with E-state index in [4.69, 9.17) is 14.2 Å². The molecule has 0 bridgehead atoms. The van der Waals surface area contributed by atoms with Crippen molar-refractivity contribution in [2.75, 3.05) is 26.4 Å². The van der Waals surface area contributed by atoms with Gasteiger partial charge in [0.1, 0.15) is 20.2 Å². The van der Waals surface area contributed by atoms with Crippen LogP contribution in [0.25, 0.3) is 0 Å². The molecule has 0 saturated carbocycles. The fourth-order valence-corrected chi connectivity index (χ4v) is 5.09. The molecule has 0 N–H and O–H groups in total. The van der Waals surface area contributed by atoms with E-state index < -0.39 is 6.09 Å². The highest BCUT2D eigenvalue weighted by atomic mass is 16.6. The van der Waals surface area contributed by atoms with E-state index in [1.807, 2.05) is 36.0 Å². The summed E-state index contributed by atoms with van der Waals surface area (Å²) in [6, 6.07) is 5.66. The summed E-state index contributed by atoms with van der Waals surface area (Å²) in [6.45, 7) is 6.09. The Labute approximate surface area is 237 Å². The lowest BCUT2D eigenvalue weighted by Crippen LogP contribution is -2.42. The molecular weight excluding hydrogens is 492 g/mol. The van der Waals surface area contributed by atoms with Crippen LogP contribution in [0.4, 0.5) is 4.79 Å². The Morgan fingerprint density at radius 1 is 0.923 bits per heavy atom. The van der Waals surface area contributed by atoms with Crippen LogP contribution in [0.1, 0.15) is 116 Å². The largest absolute Gasteiger partial charge is 0.446 e. The summed E-state index contributed by atoms with van der Waals surface area (Å²) < 4.78 is 19.0. The second kappa shape index (κ2) is 20.8. The topological polar surface area (TPSA) is 69.0 Å². The highest BCUT2D eigenvalue weighted by Gasteiger charge is 2.29. The standard InChI is InChI=1S/C32H55N2O5/c1-4-5-6-7-8-9-10-11-12-13-14-15-16-19-22-37-25-29-23-31(38-26-29)27-39-32(36)34(28(2)35)24-30-20-17-18-21-33(30)3/h17-18,20-21,29,31H,4-16,19,22-27H2,1-3H3/q+1/t29-,31-/m1/s1. The average molecular weight is 548 g/mol. The van der Waals surface area contributed by atoms with Gasteiger partial charge < -0.3 is 14.2 Å². The lowest BCUT2D eigenvalue weighted by atomic mass is 10.0. The van der Waals surface area contributed by atoms with E-state index in [1.54, 1.807) is 0 Å². The number of imide groups is 1. The number of hydrogen-bond donors (Lipinski definition) is 0. The van der Waals surface area contributed by atoms with Gasteiger partial charge in [0.15, 0.2) is 6.20 Å². The van der Waals surface area contributed by atoms with Gasteiger partial charge in [0, 0.05) is 31.6 Å². The van der Waals surface area contributed by atoms with Crippen LogP contribution >= 0.6 is 0 Å². The minimum Gasteiger partial charge on any atom is -0.446 e. The van der Waals surface area contributed by atoms with Crippen molar-refractivity contribution in [3.63, 3.8) is 0 Å². The number of ether oxygens (including phenoxy) is 3. The zero-order chi connectivity index (χ0) is 28.1. The van der Waals surface area contributed by atoms with Gasteiger partial charge in [-0.25, -0.2) is 14.3 Å². The molecule has 0 spiro atoms. The number of hydrogen-bond acceptors (Lipinski definition) is 5. The molecule has 2 rings (SSSR count). The first-order valence-corrected chi connectivity index (χ1v) is 15.6. The average Bonchev–Trinajstić information content (AvgIpc) is 3.38. The zero-order valence-corrected chi connectivity index (χ0v) is 25.0. The molecule has 1 aliphatic heterocycles. The lowest BCUT2D eigenvalue weighted by Gasteiger charge is -2.19. The van der Waals surface area contributed by atoms with Gasteiger partial charge in [-0.05, 0) is 12.8 Å². The van der Waals surface area contributed by atoms with Gasteiger partial charge in [0.05, 0.1) is 19.3 Å². The first-order valence-electron chi connectivity index (χ1n) is 15.6. The molecule has 39 heavy (non-hydrogen) atoms. The van der Waals surface area contributed by atoms with E-state index in [0.29, 0.717) is 19.1 Å². The van der Waals surface area contributed by atoms with E-state index in [1.165, 1.54) is 90.4 Å². The number of aromatic nitrogens is 1. The Morgan fingerprint density at radius 2 is 1.54 bits per heavy atom. The first kappa shape index (κ1) is 33.2. The summed E-state index contributed by atoms with van der Waals surface area (Å²) in [5, 5.41) is 0. The third-order valence-electron chi connectivity index (χ3n) is 7.64. The number of amides is 2. The van der Waals surface area contributed by atoms with E-state index >= 15 is 0 Å². The van der Waals surface area contributed by atoms with E-state index in [0.717, 1.165) is 30.0 Å². The van der Waals surface area contributed by atoms with Gasteiger partial charge >= 0.3 is 6.09 Å². The predicted molar refractivity (Wildman–Crippen MR) is 154 cm³/mol. The molecule has 222 valence electrons. The van der Waals surface area contributed by atoms with Crippen LogP contribution in [-0.4, -0.2) is 49.4 Å². The van der Waals surface area contributed by atoms with Gasteiger partial charge in [-0.3, -0.25) is 4.79 Å². The third kappa shape index (κ3) is 14.8. The molecule has 7 nitrogen and oxygen atoms in total. The summed E-state index contributed by atoms with van der Waals surface area (Å²) >= 11 is 0. The van der Waals surface area contributed by atoms with Gasteiger partial charge in [0.2, 0.25) is 11.6 Å². The Balaban J connectivity index is 1.44. The van der Waals surface area contributed by atoms with Crippen molar-refractivity contribution < 1.29 is 28.4 Å². The van der Waals surface area contributed by atoms with Gasteiger partial charge in [-0.1, -0.05) is 96.5 Å². The third-order valence-corrected chi connectivity index (χ3v) is 7.64. The van der Waals surface area contributed by atoms with Crippen molar-refractivity contribution in [2.45, 2.75) is 123 Å². The summed E-state index contributed by atoms with van der Waals surface area (Å²) in [7, 11) is 1.88. The maximum atomic E-state index is 12.6. The molecule has 1 aromatic rings. The second-order valence-electron chi connectivity index (χ2n) is 11.2. The number of carbonyl (C=O) groups is 2. The quantitative estimate of drug-likeness (QED) is 0.124. The molecule has 2 amide bonds. The van der Waals surface area contributed by atoms with Crippen molar-refractivity contribution in [1.82, 2.24) is 4.90 Å². The molecule has 2 heterocycles. The Bertz CT molecular complexity index is 803. The predicted octanol–water partition coefficient (Wildman–Crippen LogP) is 6.90. The summed E-state index contributed by atoms with van der Waals surface area (Å²) in [6.07, 6.45) is 20.9. The van der Waals surface area contributed by atoms with Crippen molar-refractivity contribution in [2.24, 2.45) is 13.0 Å². The molecule has 0 radical (unpaired) electrons. The van der Waals surface area contributed by atoms with E-state index in [-0.39, 0.29) is 25.2 Å². The molecule has 1 saturated heterocycles. The molecule has 0 aliphatic carbocycles. The van der Waals surface area contributed by atoms with Crippen molar-refractivity contribution in [3.05, 3.63) is 30.1 Å². The van der Waals surface area contributed by atoms with Crippen molar-refractivity contribution in [1.29, 1.82) is 0 Å². The number of carbonyl (C=O) groups excluding carboxylic acids is 2. The molecular formula is C32H55N2O5+. The van der Waals surface area contributed by atoms with Crippen LogP contribution in [-0.2, 0) is 32.6 Å². The van der Waals surface area contributed by atoms with Crippen LogP contribution in [0.15, 0.2) is 24.4 Å². The SMILES string of the molecule is CCCCCCCCCCCCCCCCOC[C@@H]1CO[C@@H](COC(=O)N(Cc2cccc[n+]2C)C(C)=O)C1. The first-order chi connectivity index (χ1) is 19.0. The molecule has 0 unspecified atom stereocenters. The number of rotatable bonds is 21. The number of unbranched alkanes of at least 4 members (excludes halogenated alkanes) is 13. The molecule has 7 heteroatoms. The second-order valence-corrected chi connectivity index (χ2v) is 11.2. The smallest absolute Gasteiger partial charge is 0.417 e. The maximum absolute atomic E-state index is 12.6. The van der Waals surface area contributed by atoms with Crippen molar-refractivity contribution in [3.8, 4) is 0 Å². The maximum Gasteiger partial charge on any atom is 0.417 e. The van der Waals surface area contributed by atoms with E-state index in [2.05, 4.69) is 6.92 Å². The Hall–Kier alpha value is -1.99. The minimum atomic E-state index is -0.632. The molecule has 1 aromatic heterocycles. The molecule has 2 atom stereocenters. The van der Waals surface area contributed by atoms with Gasteiger partial charge in [0.25, 0.3) is 0 Å². The van der Waals surface area contributed by atoms with Gasteiger partial charge in [-0.15, -0.1) is 0 Å². The summed E-state index contributed by atoms with van der Waals surface area (Å²) in [5.41, 5.74) is 0.845. The highest BCUT2D eigenvalue weighted by molar-refractivity contribution is 5.90. The molecule has 1 fully saturated rings. The Morgan fingerprint density at radius 3 is 2.13 bits per heavy atom.